The maximum absolute atomic E-state index is 13.9. The first kappa shape index (κ1) is 14.9. The van der Waals surface area contributed by atoms with Crippen LogP contribution in [0.25, 0.3) is 11.1 Å². The first-order valence-corrected chi connectivity index (χ1v) is 7.40. The minimum absolute atomic E-state index is 0.313. The van der Waals surface area contributed by atoms with E-state index in [0.29, 0.717) is 11.1 Å². The van der Waals surface area contributed by atoms with Crippen LogP contribution in [0.2, 0.25) is 0 Å². The van der Waals surface area contributed by atoms with Crippen molar-refractivity contribution < 1.29 is 13.9 Å². The number of aldehydes is 1. The Hall–Kier alpha value is -2.04. The Bertz CT molecular complexity index is 649. The zero-order chi connectivity index (χ0) is 15.4. The first-order chi connectivity index (χ1) is 10.8. The summed E-state index contributed by atoms with van der Waals surface area (Å²) in [7, 11) is 0. The number of hydrogen-bond donors (Lipinski definition) is 0. The van der Waals surface area contributed by atoms with Crippen LogP contribution in [0.1, 0.15) is 15.9 Å². The smallest absolute Gasteiger partial charge is 0.150 e. The Morgan fingerprint density at radius 2 is 1.82 bits per heavy atom. The van der Waals surface area contributed by atoms with Crippen molar-refractivity contribution in [3.63, 3.8) is 0 Å². The molecule has 0 N–H and O–H groups in total. The summed E-state index contributed by atoms with van der Waals surface area (Å²) in [5.41, 5.74) is 2.92. The van der Waals surface area contributed by atoms with Crippen LogP contribution in [0, 0.1) is 5.82 Å². The van der Waals surface area contributed by atoms with Gasteiger partial charge in [-0.25, -0.2) is 4.39 Å². The largest absolute Gasteiger partial charge is 0.379 e. The van der Waals surface area contributed by atoms with Gasteiger partial charge in [-0.3, -0.25) is 9.69 Å². The fraction of sp³-hybridized carbons (Fsp3) is 0.278. The van der Waals surface area contributed by atoms with Crippen molar-refractivity contribution in [3.8, 4) is 11.1 Å². The molecular formula is C18H18FNO2. The average Bonchev–Trinajstić information content (AvgIpc) is 2.57. The van der Waals surface area contributed by atoms with Crippen molar-refractivity contribution in [2.75, 3.05) is 26.3 Å². The Labute approximate surface area is 129 Å². The highest BCUT2D eigenvalue weighted by Gasteiger charge is 2.11. The van der Waals surface area contributed by atoms with E-state index in [9.17, 15) is 9.18 Å². The van der Waals surface area contributed by atoms with Crippen LogP contribution in [0.3, 0.4) is 0 Å². The van der Waals surface area contributed by atoms with Crippen LogP contribution >= 0.6 is 0 Å². The molecule has 3 rings (SSSR count). The van der Waals surface area contributed by atoms with E-state index in [1.165, 1.54) is 17.7 Å². The first-order valence-electron chi connectivity index (χ1n) is 7.40. The predicted molar refractivity (Wildman–Crippen MR) is 83.3 cm³/mol. The van der Waals surface area contributed by atoms with E-state index in [-0.39, 0.29) is 5.82 Å². The fourth-order valence-corrected chi connectivity index (χ4v) is 2.64. The number of carbonyl (C=O) groups excluding carboxylic acids is 1. The van der Waals surface area contributed by atoms with Crippen molar-refractivity contribution in [2.24, 2.45) is 0 Å². The molecule has 1 heterocycles. The molecule has 0 unspecified atom stereocenters. The Morgan fingerprint density at radius 3 is 2.50 bits per heavy atom. The van der Waals surface area contributed by atoms with Crippen LogP contribution in [0.4, 0.5) is 4.39 Å². The molecule has 0 amide bonds. The van der Waals surface area contributed by atoms with Crippen molar-refractivity contribution in [3.05, 3.63) is 59.4 Å². The molecule has 0 aliphatic carbocycles. The number of carbonyl (C=O) groups is 1. The zero-order valence-electron chi connectivity index (χ0n) is 12.3. The van der Waals surface area contributed by atoms with Crippen LogP contribution in [-0.4, -0.2) is 37.5 Å². The lowest BCUT2D eigenvalue weighted by atomic mass is 10.0. The highest BCUT2D eigenvalue weighted by Crippen LogP contribution is 2.24. The van der Waals surface area contributed by atoms with Crippen molar-refractivity contribution in [2.45, 2.75) is 6.54 Å². The molecule has 1 fully saturated rings. The molecule has 22 heavy (non-hydrogen) atoms. The second-order valence-corrected chi connectivity index (χ2v) is 5.44. The number of morpholine rings is 1. The Kier molecular flexibility index (Phi) is 4.61. The summed E-state index contributed by atoms with van der Waals surface area (Å²) < 4.78 is 19.3. The quantitative estimate of drug-likeness (QED) is 0.812. The lowest BCUT2D eigenvalue weighted by Gasteiger charge is -2.26. The summed E-state index contributed by atoms with van der Waals surface area (Å²) in [5, 5.41) is 0. The molecule has 0 radical (unpaired) electrons. The molecule has 0 spiro atoms. The van der Waals surface area contributed by atoms with E-state index in [4.69, 9.17) is 4.74 Å². The molecule has 0 bridgehead atoms. The standard InChI is InChI=1S/C18H18FNO2/c19-18-6-3-15(13-21)11-17(18)16-4-1-14(2-5-16)12-20-7-9-22-10-8-20/h1-6,11,13H,7-10,12H2. The van der Waals surface area contributed by atoms with Gasteiger partial charge in [0.15, 0.2) is 0 Å². The molecule has 114 valence electrons. The maximum Gasteiger partial charge on any atom is 0.150 e. The summed E-state index contributed by atoms with van der Waals surface area (Å²) in [6.07, 6.45) is 0.732. The van der Waals surface area contributed by atoms with Gasteiger partial charge in [-0.05, 0) is 29.3 Å². The minimum atomic E-state index is -0.313. The third-order valence-corrected chi connectivity index (χ3v) is 3.90. The average molecular weight is 299 g/mol. The molecule has 1 aliphatic rings. The van der Waals surface area contributed by atoms with Crippen molar-refractivity contribution in [1.29, 1.82) is 0 Å². The number of benzene rings is 2. The number of nitrogens with zero attached hydrogens (tertiary/aromatic N) is 1. The van der Waals surface area contributed by atoms with E-state index in [1.54, 1.807) is 6.07 Å². The zero-order valence-corrected chi connectivity index (χ0v) is 12.3. The molecular weight excluding hydrogens is 281 g/mol. The number of hydrogen-bond acceptors (Lipinski definition) is 3. The van der Waals surface area contributed by atoms with E-state index >= 15 is 0 Å². The number of ether oxygens (including phenoxy) is 1. The van der Waals surface area contributed by atoms with Gasteiger partial charge < -0.3 is 4.74 Å². The summed E-state index contributed by atoms with van der Waals surface area (Å²) in [6.45, 7) is 4.32. The lowest BCUT2D eigenvalue weighted by Crippen LogP contribution is -2.35. The molecule has 3 nitrogen and oxygen atoms in total. The predicted octanol–water partition coefficient (Wildman–Crippen LogP) is 3.14. The van der Waals surface area contributed by atoms with E-state index < -0.39 is 0 Å². The molecule has 0 atom stereocenters. The monoisotopic (exact) mass is 299 g/mol. The third kappa shape index (κ3) is 3.40. The Balaban J connectivity index is 1.77. The second kappa shape index (κ2) is 6.81. The molecule has 0 saturated carbocycles. The van der Waals surface area contributed by atoms with Gasteiger partial charge in [-0.15, -0.1) is 0 Å². The van der Waals surface area contributed by atoms with Gasteiger partial charge in [0.2, 0.25) is 0 Å². The van der Waals surface area contributed by atoms with Crippen LogP contribution < -0.4 is 0 Å². The minimum Gasteiger partial charge on any atom is -0.379 e. The SMILES string of the molecule is O=Cc1ccc(F)c(-c2ccc(CN3CCOCC3)cc2)c1. The summed E-state index contributed by atoms with van der Waals surface area (Å²) in [4.78, 5) is 13.2. The maximum atomic E-state index is 13.9. The molecule has 0 aromatic heterocycles. The molecule has 2 aromatic carbocycles. The second-order valence-electron chi connectivity index (χ2n) is 5.44. The van der Waals surface area contributed by atoms with Gasteiger partial charge >= 0.3 is 0 Å². The van der Waals surface area contributed by atoms with E-state index in [1.807, 2.05) is 24.3 Å². The lowest BCUT2D eigenvalue weighted by molar-refractivity contribution is 0.0342. The highest BCUT2D eigenvalue weighted by atomic mass is 19.1. The van der Waals surface area contributed by atoms with Gasteiger partial charge in [-0.2, -0.15) is 0 Å². The summed E-state index contributed by atoms with van der Waals surface area (Å²) in [6, 6.07) is 12.2. The Morgan fingerprint density at radius 1 is 1.09 bits per heavy atom. The molecule has 4 heteroatoms. The molecule has 2 aromatic rings. The normalized spacial score (nSPS) is 15.7. The van der Waals surface area contributed by atoms with Crippen molar-refractivity contribution in [1.82, 2.24) is 4.90 Å². The van der Waals surface area contributed by atoms with Gasteiger partial charge in [-0.1, -0.05) is 24.3 Å². The van der Waals surface area contributed by atoms with Gasteiger partial charge in [0.05, 0.1) is 13.2 Å². The number of halogens is 1. The van der Waals surface area contributed by atoms with Crippen LogP contribution in [0.15, 0.2) is 42.5 Å². The fourth-order valence-electron chi connectivity index (χ4n) is 2.64. The van der Waals surface area contributed by atoms with Gasteiger partial charge in [0.25, 0.3) is 0 Å². The molecule has 1 saturated heterocycles. The molecule has 1 aliphatic heterocycles. The van der Waals surface area contributed by atoms with Gasteiger partial charge in [0.1, 0.15) is 12.1 Å². The number of rotatable bonds is 4. The summed E-state index contributed by atoms with van der Waals surface area (Å²) >= 11 is 0. The van der Waals surface area contributed by atoms with Gasteiger partial charge in [0, 0.05) is 30.8 Å². The van der Waals surface area contributed by atoms with Crippen LogP contribution in [-0.2, 0) is 11.3 Å². The highest BCUT2D eigenvalue weighted by molar-refractivity contribution is 5.79. The van der Waals surface area contributed by atoms with Crippen molar-refractivity contribution >= 4 is 6.29 Å². The van der Waals surface area contributed by atoms with E-state index in [0.717, 1.165) is 44.7 Å². The topological polar surface area (TPSA) is 29.5 Å². The summed E-state index contributed by atoms with van der Waals surface area (Å²) in [5.74, 6) is -0.313. The van der Waals surface area contributed by atoms with Crippen LogP contribution in [0.5, 0.6) is 0 Å². The third-order valence-electron chi connectivity index (χ3n) is 3.90. The van der Waals surface area contributed by atoms with E-state index in [2.05, 4.69) is 4.90 Å².